The quantitative estimate of drug-likeness (QED) is 0.647. The van der Waals surface area contributed by atoms with Gasteiger partial charge < -0.3 is 15.4 Å². The molecule has 4 nitrogen and oxygen atoms in total. The summed E-state index contributed by atoms with van der Waals surface area (Å²) in [6.45, 7) is 1.20. The molecule has 1 aromatic carbocycles. The molecule has 0 bridgehead atoms. The number of nitrogens with zero attached hydrogens (tertiary/aromatic N) is 1. The summed E-state index contributed by atoms with van der Waals surface area (Å²) in [4.78, 5) is 3.94. The molecular formula is C14H15N3OS. The second-order valence-electron chi connectivity index (χ2n) is 3.78. The van der Waals surface area contributed by atoms with Gasteiger partial charge in [-0.2, -0.15) is 0 Å². The van der Waals surface area contributed by atoms with Crippen LogP contribution < -0.4 is 15.4 Å². The Hall–Kier alpha value is -2.14. The number of para-hydroxylation sites is 1. The van der Waals surface area contributed by atoms with Gasteiger partial charge in [0.15, 0.2) is 5.11 Å². The second kappa shape index (κ2) is 7.33. The Kier molecular flexibility index (Phi) is 5.13. The van der Waals surface area contributed by atoms with E-state index < -0.39 is 0 Å². The summed E-state index contributed by atoms with van der Waals surface area (Å²) in [5.74, 6) is 0.859. The number of anilines is 1. The molecule has 2 N–H and O–H groups in total. The molecule has 98 valence electrons. The van der Waals surface area contributed by atoms with Crippen LogP contribution in [-0.2, 0) is 0 Å². The molecule has 2 rings (SSSR count). The summed E-state index contributed by atoms with van der Waals surface area (Å²) in [6.07, 6.45) is 3.42. The molecule has 0 saturated heterocycles. The van der Waals surface area contributed by atoms with Crippen molar-refractivity contribution in [2.45, 2.75) is 0 Å². The summed E-state index contributed by atoms with van der Waals surface area (Å²) < 4.78 is 5.55. The average molecular weight is 273 g/mol. The molecule has 0 aliphatic carbocycles. The van der Waals surface area contributed by atoms with Gasteiger partial charge in [0.05, 0.1) is 6.54 Å². The number of ether oxygens (including phenoxy) is 1. The summed E-state index contributed by atoms with van der Waals surface area (Å²) in [7, 11) is 0. The van der Waals surface area contributed by atoms with Crippen LogP contribution in [0.25, 0.3) is 0 Å². The summed E-state index contributed by atoms with van der Waals surface area (Å²) >= 11 is 5.17. The molecule has 0 unspecified atom stereocenters. The Morgan fingerprint density at radius 2 is 1.84 bits per heavy atom. The normalized spacial score (nSPS) is 9.68. The van der Waals surface area contributed by atoms with Crippen molar-refractivity contribution in [2.75, 3.05) is 18.5 Å². The van der Waals surface area contributed by atoms with Gasteiger partial charge in [-0.3, -0.25) is 4.98 Å². The smallest absolute Gasteiger partial charge is 0.170 e. The van der Waals surface area contributed by atoms with Gasteiger partial charge in [-0.05, 0) is 36.5 Å². The molecule has 5 heteroatoms. The van der Waals surface area contributed by atoms with Crippen LogP contribution in [0.2, 0.25) is 0 Å². The van der Waals surface area contributed by atoms with Crippen LogP contribution in [0, 0.1) is 0 Å². The molecule has 0 atom stereocenters. The Morgan fingerprint density at radius 1 is 1.11 bits per heavy atom. The highest BCUT2D eigenvalue weighted by molar-refractivity contribution is 7.80. The van der Waals surface area contributed by atoms with Crippen molar-refractivity contribution in [1.29, 1.82) is 0 Å². The fourth-order valence-corrected chi connectivity index (χ4v) is 1.68. The highest BCUT2D eigenvalue weighted by Crippen LogP contribution is 2.07. The van der Waals surface area contributed by atoms with E-state index in [-0.39, 0.29) is 0 Å². The zero-order valence-corrected chi connectivity index (χ0v) is 11.2. The van der Waals surface area contributed by atoms with Gasteiger partial charge in [0.2, 0.25) is 0 Å². The highest BCUT2D eigenvalue weighted by Gasteiger charge is 1.97. The molecule has 0 amide bonds. The lowest BCUT2D eigenvalue weighted by Crippen LogP contribution is -2.31. The molecular weight excluding hydrogens is 258 g/mol. The topological polar surface area (TPSA) is 46.2 Å². The average Bonchev–Trinajstić information content (AvgIpc) is 2.46. The Bertz CT molecular complexity index is 505. The number of benzene rings is 1. The number of rotatable bonds is 5. The van der Waals surface area contributed by atoms with Crippen molar-refractivity contribution in [1.82, 2.24) is 10.3 Å². The van der Waals surface area contributed by atoms with Crippen LogP contribution in [0.4, 0.5) is 5.69 Å². The number of pyridine rings is 1. The van der Waals surface area contributed by atoms with Gasteiger partial charge in [-0.1, -0.05) is 18.2 Å². The predicted octanol–water partition coefficient (Wildman–Crippen LogP) is 2.45. The second-order valence-corrected chi connectivity index (χ2v) is 4.19. The minimum atomic E-state index is 0.558. The van der Waals surface area contributed by atoms with Gasteiger partial charge in [0.1, 0.15) is 12.4 Å². The third kappa shape index (κ3) is 4.93. The Balaban J connectivity index is 1.65. The minimum absolute atomic E-state index is 0.558. The molecule has 0 aliphatic rings. The van der Waals surface area contributed by atoms with Crippen molar-refractivity contribution in [2.24, 2.45) is 0 Å². The molecule has 2 aromatic rings. The van der Waals surface area contributed by atoms with Crippen LogP contribution in [0.1, 0.15) is 0 Å². The molecule has 1 heterocycles. The van der Waals surface area contributed by atoms with Crippen LogP contribution in [-0.4, -0.2) is 23.2 Å². The SMILES string of the molecule is S=C(NCCOc1ccccc1)Nc1ccncc1. The Labute approximate surface area is 117 Å². The lowest BCUT2D eigenvalue weighted by Gasteiger charge is -2.11. The summed E-state index contributed by atoms with van der Waals surface area (Å²) in [6, 6.07) is 13.4. The van der Waals surface area contributed by atoms with E-state index in [1.807, 2.05) is 42.5 Å². The molecule has 0 spiro atoms. The zero-order chi connectivity index (χ0) is 13.3. The zero-order valence-electron chi connectivity index (χ0n) is 10.4. The van der Waals surface area contributed by atoms with E-state index in [4.69, 9.17) is 17.0 Å². The van der Waals surface area contributed by atoms with E-state index in [1.165, 1.54) is 0 Å². The van der Waals surface area contributed by atoms with Crippen LogP contribution >= 0.6 is 12.2 Å². The summed E-state index contributed by atoms with van der Waals surface area (Å²) in [5, 5.41) is 6.71. The van der Waals surface area contributed by atoms with E-state index in [0.717, 1.165) is 11.4 Å². The molecule has 0 aliphatic heterocycles. The fraction of sp³-hybridized carbons (Fsp3) is 0.143. The maximum Gasteiger partial charge on any atom is 0.170 e. The third-order valence-electron chi connectivity index (χ3n) is 2.34. The maximum atomic E-state index is 5.55. The first-order valence-electron chi connectivity index (χ1n) is 5.97. The molecule has 0 saturated carbocycles. The highest BCUT2D eigenvalue weighted by atomic mass is 32.1. The van der Waals surface area contributed by atoms with E-state index in [1.54, 1.807) is 12.4 Å². The Morgan fingerprint density at radius 3 is 2.58 bits per heavy atom. The number of hydrogen-bond donors (Lipinski definition) is 2. The standard InChI is InChI=1S/C14H15N3OS/c19-14(17-12-6-8-15-9-7-12)16-10-11-18-13-4-2-1-3-5-13/h1-9H,10-11H2,(H2,15,16,17,19). The van der Waals surface area contributed by atoms with Gasteiger partial charge in [-0.25, -0.2) is 0 Å². The number of aromatic nitrogens is 1. The monoisotopic (exact) mass is 273 g/mol. The maximum absolute atomic E-state index is 5.55. The lowest BCUT2D eigenvalue weighted by molar-refractivity contribution is 0.323. The van der Waals surface area contributed by atoms with Crippen molar-refractivity contribution < 1.29 is 4.74 Å². The molecule has 0 radical (unpaired) electrons. The molecule has 19 heavy (non-hydrogen) atoms. The first-order chi connectivity index (χ1) is 9.34. The third-order valence-corrected chi connectivity index (χ3v) is 2.58. The number of thiocarbonyl (C=S) groups is 1. The predicted molar refractivity (Wildman–Crippen MR) is 80.4 cm³/mol. The van der Waals surface area contributed by atoms with Crippen LogP contribution in [0.5, 0.6) is 5.75 Å². The van der Waals surface area contributed by atoms with E-state index in [9.17, 15) is 0 Å². The van der Waals surface area contributed by atoms with Gasteiger partial charge in [-0.15, -0.1) is 0 Å². The van der Waals surface area contributed by atoms with Crippen LogP contribution in [0.3, 0.4) is 0 Å². The fourth-order valence-electron chi connectivity index (χ4n) is 1.46. The van der Waals surface area contributed by atoms with Crippen molar-refractivity contribution >= 4 is 23.0 Å². The lowest BCUT2D eigenvalue weighted by atomic mass is 10.3. The van der Waals surface area contributed by atoms with Crippen molar-refractivity contribution in [3.05, 3.63) is 54.9 Å². The van der Waals surface area contributed by atoms with Gasteiger partial charge >= 0.3 is 0 Å². The first kappa shape index (κ1) is 13.3. The minimum Gasteiger partial charge on any atom is -0.492 e. The molecule has 0 fully saturated rings. The number of hydrogen-bond acceptors (Lipinski definition) is 3. The van der Waals surface area contributed by atoms with Gasteiger partial charge in [0.25, 0.3) is 0 Å². The van der Waals surface area contributed by atoms with E-state index >= 15 is 0 Å². The van der Waals surface area contributed by atoms with E-state index in [2.05, 4.69) is 15.6 Å². The van der Waals surface area contributed by atoms with Gasteiger partial charge in [0, 0.05) is 18.1 Å². The van der Waals surface area contributed by atoms with Crippen molar-refractivity contribution in [3.8, 4) is 5.75 Å². The van der Waals surface area contributed by atoms with Crippen molar-refractivity contribution in [3.63, 3.8) is 0 Å². The van der Waals surface area contributed by atoms with E-state index in [0.29, 0.717) is 18.3 Å². The first-order valence-corrected chi connectivity index (χ1v) is 6.38. The summed E-state index contributed by atoms with van der Waals surface area (Å²) in [5.41, 5.74) is 0.913. The molecule has 1 aromatic heterocycles. The van der Waals surface area contributed by atoms with Crippen LogP contribution in [0.15, 0.2) is 54.9 Å². The largest absolute Gasteiger partial charge is 0.492 e. The number of nitrogens with one attached hydrogen (secondary N) is 2.